The van der Waals surface area contributed by atoms with E-state index in [1.807, 2.05) is 34.1 Å². The Morgan fingerprint density at radius 3 is 2.32 bits per heavy atom. The van der Waals surface area contributed by atoms with Gasteiger partial charge in [0.2, 0.25) is 5.67 Å². The zero-order valence-electron chi connectivity index (χ0n) is 14.8. The minimum atomic E-state index is -4.42. The van der Waals surface area contributed by atoms with E-state index in [0.717, 1.165) is 23.5 Å². The number of hydrogen-bond acceptors (Lipinski definition) is 3. The van der Waals surface area contributed by atoms with Gasteiger partial charge in [-0.2, -0.15) is 13.2 Å². The molecule has 0 radical (unpaired) electrons. The molecule has 1 fully saturated rings. The van der Waals surface area contributed by atoms with Gasteiger partial charge in [-0.15, -0.1) is 0 Å². The third-order valence-electron chi connectivity index (χ3n) is 5.51. The highest BCUT2D eigenvalue weighted by Crippen LogP contribution is 2.45. The first-order chi connectivity index (χ1) is 13.2. The third kappa shape index (κ3) is 3.06. The summed E-state index contributed by atoms with van der Waals surface area (Å²) in [5.74, 6) is -1.47. The minimum absolute atomic E-state index is 0.104. The minimum Gasteiger partial charge on any atom is -0.479 e. The molecule has 0 spiro atoms. The maximum atomic E-state index is 14.8. The van der Waals surface area contributed by atoms with E-state index in [-0.39, 0.29) is 19.4 Å². The number of carboxylic acids is 1. The number of carbonyl (C=O) groups is 1. The Bertz CT molecular complexity index is 900. The highest BCUT2D eigenvalue weighted by atomic mass is 19.4. The molecule has 2 heterocycles. The normalized spacial score (nSPS) is 24.5. The molecular formula is C20H18F4N2O2. The summed E-state index contributed by atoms with van der Waals surface area (Å²) in [5, 5.41) is 9.26. The van der Waals surface area contributed by atoms with Crippen LogP contribution >= 0.6 is 0 Å². The van der Waals surface area contributed by atoms with E-state index in [2.05, 4.69) is 0 Å². The Morgan fingerprint density at radius 2 is 1.71 bits per heavy atom. The lowest BCUT2D eigenvalue weighted by atomic mass is 9.85. The molecule has 4 nitrogen and oxygen atoms in total. The van der Waals surface area contributed by atoms with Gasteiger partial charge in [-0.25, -0.2) is 9.18 Å². The Labute approximate surface area is 159 Å². The van der Waals surface area contributed by atoms with E-state index >= 15 is 0 Å². The zero-order valence-corrected chi connectivity index (χ0v) is 14.8. The van der Waals surface area contributed by atoms with Crippen molar-refractivity contribution in [2.24, 2.45) is 0 Å². The Kier molecular flexibility index (Phi) is 4.24. The number of benzene rings is 2. The number of aliphatic carboxylic acids is 1. The molecule has 148 valence electrons. The van der Waals surface area contributed by atoms with Crippen molar-refractivity contribution in [2.45, 2.75) is 30.7 Å². The van der Waals surface area contributed by atoms with Gasteiger partial charge in [0, 0.05) is 31.6 Å². The molecule has 2 aliphatic heterocycles. The standard InChI is InChI=1S/C20H18F4N2O2/c21-19(18(27)28)9-10-25-15(11-19)12-26(17-4-2-1-3-16(17)25)14-7-5-13(6-8-14)20(22,23)24/h1-8,15H,9-12H2,(H,27,28)/t15-,19-/m1/s1. The molecule has 0 aromatic heterocycles. The molecule has 0 aliphatic carbocycles. The van der Waals surface area contributed by atoms with Gasteiger partial charge in [0.1, 0.15) is 0 Å². The molecule has 1 saturated heterocycles. The second-order valence-electron chi connectivity index (χ2n) is 7.22. The molecule has 2 aromatic rings. The van der Waals surface area contributed by atoms with E-state index in [0.29, 0.717) is 12.2 Å². The Hall–Kier alpha value is -2.77. The van der Waals surface area contributed by atoms with Crippen molar-refractivity contribution in [1.82, 2.24) is 0 Å². The second-order valence-corrected chi connectivity index (χ2v) is 7.22. The van der Waals surface area contributed by atoms with Crippen molar-refractivity contribution in [3.8, 4) is 0 Å². The molecule has 8 heteroatoms. The molecule has 28 heavy (non-hydrogen) atoms. The number of rotatable bonds is 2. The predicted octanol–water partition coefficient (Wildman–Crippen LogP) is 4.62. The Morgan fingerprint density at radius 1 is 1.07 bits per heavy atom. The molecule has 2 atom stereocenters. The van der Waals surface area contributed by atoms with E-state index in [9.17, 15) is 27.5 Å². The van der Waals surface area contributed by atoms with Crippen LogP contribution in [0.1, 0.15) is 18.4 Å². The van der Waals surface area contributed by atoms with Gasteiger partial charge in [0.25, 0.3) is 0 Å². The van der Waals surface area contributed by atoms with E-state index < -0.39 is 29.4 Å². The smallest absolute Gasteiger partial charge is 0.416 e. The van der Waals surface area contributed by atoms with E-state index in [1.54, 1.807) is 0 Å². The summed E-state index contributed by atoms with van der Waals surface area (Å²) in [6, 6.07) is 11.8. The topological polar surface area (TPSA) is 43.8 Å². The largest absolute Gasteiger partial charge is 0.479 e. The number of halogens is 4. The zero-order chi connectivity index (χ0) is 20.1. The van der Waals surface area contributed by atoms with Crippen molar-refractivity contribution in [3.63, 3.8) is 0 Å². The molecule has 0 bridgehead atoms. The van der Waals surface area contributed by atoms with Crippen LogP contribution in [0.4, 0.5) is 34.6 Å². The highest BCUT2D eigenvalue weighted by molar-refractivity contribution is 5.82. The van der Waals surface area contributed by atoms with Crippen molar-refractivity contribution in [2.75, 3.05) is 22.9 Å². The number of para-hydroxylation sites is 2. The molecule has 2 aromatic carbocycles. The summed E-state index contributed by atoms with van der Waals surface area (Å²) in [6.07, 6.45) is -4.70. The van der Waals surface area contributed by atoms with Crippen LogP contribution in [0.15, 0.2) is 48.5 Å². The summed E-state index contributed by atoms with van der Waals surface area (Å²) in [6.45, 7) is 0.562. The van der Waals surface area contributed by atoms with Gasteiger partial charge in [-0.3, -0.25) is 0 Å². The summed E-state index contributed by atoms with van der Waals surface area (Å²) in [7, 11) is 0. The van der Waals surface area contributed by atoms with Gasteiger partial charge in [-0.1, -0.05) is 12.1 Å². The SMILES string of the molecule is O=C(O)[C@@]1(F)CCN2c3ccccc3N(c3ccc(C(F)(F)F)cc3)C[C@H]2C1. The van der Waals surface area contributed by atoms with Crippen molar-refractivity contribution < 1.29 is 27.5 Å². The first kappa shape index (κ1) is 18.6. The molecule has 0 amide bonds. The second kappa shape index (κ2) is 6.39. The number of nitrogens with zero attached hydrogens (tertiary/aromatic N) is 2. The third-order valence-corrected chi connectivity index (χ3v) is 5.51. The number of fused-ring (bicyclic) bond motifs is 3. The quantitative estimate of drug-likeness (QED) is 0.755. The molecule has 0 saturated carbocycles. The number of carboxylic acid groups (broad SMARTS) is 1. The van der Waals surface area contributed by atoms with Crippen LogP contribution in [-0.2, 0) is 11.0 Å². The van der Waals surface area contributed by atoms with Crippen LogP contribution in [0, 0.1) is 0 Å². The van der Waals surface area contributed by atoms with Crippen LogP contribution in [0.2, 0.25) is 0 Å². The Balaban J connectivity index is 1.71. The maximum Gasteiger partial charge on any atom is 0.416 e. The van der Waals surface area contributed by atoms with Gasteiger partial charge in [0.05, 0.1) is 23.0 Å². The van der Waals surface area contributed by atoms with Gasteiger partial charge in [-0.05, 0) is 36.4 Å². The average molecular weight is 394 g/mol. The first-order valence-electron chi connectivity index (χ1n) is 8.92. The lowest BCUT2D eigenvalue weighted by Crippen LogP contribution is -2.57. The number of alkyl halides is 4. The van der Waals surface area contributed by atoms with Crippen molar-refractivity contribution >= 4 is 23.0 Å². The van der Waals surface area contributed by atoms with Crippen LogP contribution in [0.5, 0.6) is 0 Å². The molecular weight excluding hydrogens is 376 g/mol. The predicted molar refractivity (Wildman–Crippen MR) is 96.7 cm³/mol. The number of hydrogen-bond donors (Lipinski definition) is 1. The van der Waals surface area contributed by atoms with Crippen LogP contribution in [-0.4, -0.2) is 35.9 Å². The van der Waals surface area contributed by atoms with Gasteiger partial charge >= 0.3 is 12.1 Å². The van der Waals surface area contributed by atoms with Crippen molar-refractivity contribution in [1.29, 1.82) is 0 Å². The fourth-order valence-corrected chi connectivity index (χ4v) is 4.06. The van der Waals surface area contributed by atoms with E-state index in [1.165, 1.54) is 12.1 Å². The lowest BCUT2D eigenvalue weighted by molar-refractivity contribution is -0.153. The fraction of sp³-hybridized carbons (Fsp3) is 0.350. The van der Waals surface area contributed by atoms with Crippen molar-refractivity contribution in [3.05, 3.63) is 54.1 Å². The first-order valence-corrected chi connectivity index (χ1v) is 8.92. The van der Waals surface area contributed by atoms with Crippen LogP contribution < -0.4 is 9.80 Å². The van der Waals surface area contributed by atoms with Crippen LogP contribution in [0.3, 0.4) is 0 Å². The molecule has 4 rings (SSSR count). The lowest BCUT2D eigenvalue weighted by Gasteiger charge is -2.49. The summed E-state index contributed by atoms with van der Waals surface area (Å²) in [5.41, 5.74) is -0.856. The van der Waals surface area contributed by atoms with Crippen LogP contribution in [0.25, 0.3) is 0 Å². The molecule has 1 N–H and O–H groups in total. The maximum absolute atomic E-state index is 14.8. The summed E-state index contributed by atoms with van der Waals surface area (Å²) < 4.78 is 53.4. The summed E-state index contributed by atoms with van der Waals surface area (Å²) in [4.78, 5) is 15.2. The summed E-state index contributed by atoms with van der Waals surface area (Å²) >= 11 is 0. The monoisotopic (exact) mass is 394 g/mol. The number of anilines is 3. The van der Waals surface area contributed by atoms with E-state index in [4.69, 9.17) is 0 Å². The fourth-order valence-electron chi connectivity index (χ4n) is 4.06. The average Bonchev–Trinajstić information content (AvgIpc) is 2.66. The number of piperidine rings is 1. The van der Waals surface area contributed by atoms with Gasteiger partial charge < -0.3 is 14.9 Å². The molecule has 2 aliphatic rings. The highest BCUT2D eigenvalue weighted by Gasteiger charge is 2.48. The molecule has 0 unspecified atom stereocenters. The van der Waals surface area contributed by atoms with Gasteiger partial charge in [0.15, 0.2) is 0 Å².